The number of benzene rings is 1. The number of methoxy groups -OCH3 is 1. The Labute approximate surface area is 188 Å². The maximum Gasteiger partial charge on any atom is 0.221 e. The molecule has 2 rings (SSSR count). The van der Waals surface area contributed by atoms with Gasteiger partial charge in [0.15, 0.2) is 5.96 Å². The Kier molecular flexibility index (Phi) is 9.74. The predicted octanol–water partition coefficient (Wildman–Crippen LogP) is 3.98. The summed E-state index contributed by atoms with van der Waals surface area (Å²) >= 11 is 1.76. The summed E-state index contributed by atoms with van der Waals surface area (Å²) in [6, 6.07) is 9.93. The highest BCUT2D eigenvalue weighted by Gasteiger charge is 2.21. The number of nitrogens with one attached hydrogen (secondary N) is 3. The van der Waals surface area contributed by atoms with Gasteiger partial charge in [-0.2, -0.15) is 0 Å². The van der Waals surface area contributed by atoms with Crippen LogP contribution in [0, 0.1) is 0 Å². The quantitative estimate of drug-likeness (QED) is 0.296. The number of nitrogens with zero attached hydrogens (tertiary/aromatic N) is 1. The molecule has 8 heteroatoms. The van der Waals surface area contributed by atoms with Gasteiger partial charge in [-0.15, -0.1) is 35.3 Å². The molecule has 0 spiro atoms. The summed E-state index contributed by atoms with van der Waals surface area (Å²) in [6.45, 7) is 7.25. The summed E-state index contributed by atoms with van der Waals surface area (Å²) in [5.41, 5.74) is 1.69. The third-order valence-electron chi connectivity index (χ3n) is 4.14. The molecule has 0 bridgehead atoms. The fourth-order valence-corrected chi connectivity index (χ4v) is 3.47. The molecule has 0 aliphatic heterocycles. The number of amides is 1. The maximum absolute atomic E-state index is 11.4. The maximum atomic E-state index is 11.4. The fraction of sp³-hybridized carbons (Fsp3) is 0.400. The van der Waals surface area contributed by atoms with Crippen LogP contribution < -0.4 is 20.7 Å². The van der Waals surface area contributed by atoms with E-state index in [0.717, 1.165) is 18.1 Å². The zero-order chi connectivity index (χ0) is 19.9. The number of hydrogen-bond donors (Lipinski definition) is 3. The lowest BCUT2D eigenvalue weighted by atomic mass is 9.91. The lowest BCUT2D eigenvalue weighted by Gasteiger charge is -2.25. The van der Waals surface area contributed by atoms with Crippen LogP contribution in [0.2, 0.25) is 0 Å². The summed E-state index contributed by atoms with van der Waals surface area (Å²) in [7, 11) is 3.34. The molecular formula is C20H29IN4O2S. The molecule has 1 amide bonds. The van der Waals surface area contributed by atoms with E-state index in [-0.39, 0.29) is 35.3 Å². The van der Waals surface area contributed by atoms with Crippen molar-refractivity contribution in [1.29, 1.82) is 0 Å². The molecule has 0 saturated heterocycles. The van der Waals surface area contributed by atoms with Crippen LogP contribution in [0.3, 0.4) is 0 Å². The Morgan fingerprint density at radius 2 is 2.00 bits per heavy atom. The van der Waals surface area contributed by atoms with Gasteiger partial charge in [0.25, 0.3) is 0 Å². The molecule has 0 fully saturated rings. The van der Waals surface area contributed by atoms with Crippen molar-refractivity contribution in [2.45, 2.75) is 32.7 Å². The standard InChI is InChI=1S/C20H28N4O2S.HI/c1-14(25)24-16-11-15(8-9-17(16)26-5)12-22-19(21-4)23-13-20(2,3)18-7-6-10-27-18;/h6-11H,12-13H2,1-5H3,(H,24,25)(H2,21,22,23);1H. The third kappa shape index (κ3) is 6.97. The highest BCUT2D eigenvalue weighted by molar-refractivity contribution is 14.0. The first-order valence-electron chi connectivity index (χ1n) is 8.78. The molecule has 0 atom stereocenters. The molecule has 0 unspecified atom stereocenters. The van der Waals surface area contributed by atoms with Crippen molar-refractivity contribution in [1.82, 2.24) is 10.6 Å². The molecular weight excluding hydrogens is 487 g/mol. The van der Waals surface area contributed by atoms with Crippen LogP contribution >= 0.6 is 35.3 Å². The Balaban J connectivity index is 0.00000392. The van der Waals surface area contributed by atoms with Crippen molar-refractivity contribution >= 4 is 52.9 Å². The molecule has 2 aromatic rings. The Morgan fingerprint density at radius 1 is 1.25 bits per heavy atom. The van der Waals surface area contributed by atoms with Gasteiger partial charge in [-0.25, -0.2) is 0 Å². The number of halogens is 1. The minimum Gasteiger partial charge on any atom is -0.495 e. The van der Waals surface area contributed by atoms with Gasteiger partial charge in [-0.1, -0.05) is 26.0 Å². The lowest BCUT2D eigenvalue weighted by Crippen LogP contribution is -2.42. The molecule has 6 nitrogen and oxygen atoms in total. The highest BCUT2D eigenvalue weighted by atomic mass is 127. The van der Waals surface area contributed by atoms with E-state index in [1.165, 1.54) is 11.8 Å². The molecule has 0 saturated carbocycles. The van der Waals surface area contributed by atoms with E-state index in [1.807, 2.05) is 18.2 Å². The van der Waals surface area contributed by atoms with Gasteiger partial charge in [0, 0.05) is 37.4 Å². The minimum atomic E-state index is -0.133. The number of rotatable bonds is 7. The summed E-state index contributed by atoms with van der Waals surface area (Å²) in [5, 5.41) is 11.6. The van der Waals surface area contributed by atoms with E-state index >= 15 is 0 Å². The number of ether oxygens (including phenoxy) is 1. The molecule has 28 heavy (non-hydrogen) atoms. The average molecular weight is 516 g/mol. The molecule has 0 aliphatic carbocycles. The van der Waals surface area contributed by atoms with E-state index in [1.54, 1.807) is 25.5 Å². The van der Waals surface area contributed by atoms with Gasteiger partial charge < -0.3 is 20.7 Å². The van der Waals surface area contributed by atoms with E-state index in [0.29, 0.717) is 18.0 Å². The topological polar surface area (TPSA) is 74.8 Å². The van der Waals surface area contributed by atoms with Crippen molar-refractivity contribution in [2.24, 2.45) is 4.99 Å². The monoisotopic (exact) mass is 516 g/mol. The van der Waals surface area contributed by atoms with E-state index in [9.17, 15) is 4.79 Å². The van der Waals surface area contributed by atoms with E-state index in [4.69, 9.17) is 4.74 Å². The lowest BCUT2D eigenvalue weighted by molar-refractivity contribution is -0.114. The van der Waals surface area contributed by atoms with Crippen molar-refractivity contribution in [2.75, 3.05) is 26.0 Å². The van der Waals surface area contributed by atoms with E-state index in [2.05, 4.69) is 52.3 Å². The summed E-state index contributed by atoms with van der Waals surface area (Å²) < 4.78 is 5.29. The highest BCUT2D eigenvalue weighted by Crippen LogP contribution is 2.27. The van der Waals surface area contributed by atoms with Gasteiger partial charge in [-0.05, 0) is 29.1 Å². The zero-order valence-corrected chi connectivity index (χ0v) is 20.1. The first-order valence-corrected chi connectivity index (χ1v) is 9.66. The first-order chi connectivity index (χ1) is 12.9. The van der Waals surface area contributed by atoms with Crippen molar-refractivity contribution in [3.63, 3.8) is 0 Å². The van der Waals surface area contributed by atoms with Crippen LogP contribution in [0.1, 0.15) is 31.2 Å². The van der Waals surface area contributed by atoms with Crippen LogP contribution in [-0.4, -0.2) is 32.6 Å². The summed E-state index contributed by atoms with van der Waals surface area (Å²) in [4.78, 5) is 17.0. The Morgan fingerprint density at radius 3 is 2.57 bits per heavy atom. The second-order valence-corrected chi connectivity index (χ2v) is 7.80. The van der Waals surface area contributed by atoms with Gasteiger partial charge in [0.1, 0.15) is 5.75 Å². The molecule has 1 aromatic heterocycles. The number of anilines is 1. The van der Waals surface area contributed by atoms with Gasteiger partial charge in [0.2, 0.25) is 5.91 Å². The smallest absolute Gasteiger partial charge is 0.221 e. The number of carbonyl (C=O) groups is 1. The number of hydrogen-bond acceptors (Lipinski definition) is 4. The molecule has 1 aromatic carbocycles. The number of aliphatic imine (C=N–C) groups is 1. The fourth-order valence-electron chi connectivity index (χ4n) is 2.61. The number of carbonyl (C=O) groups excluding carboxylic acids is 1. The van der Waals surface area contributed by atoms with Gasteiger partial charge in [0.05, 0.1) is 12.8 Å². The molecule has 0 radical (unpaired) electrons. The normalized spacial score (nSPS) is 11.4. The van der Waals surface area contributed by atoms with Crippen molar-refractivity contribution in [3.8, 4) is 5.75 Å². The van der Waals surface area contributed by atoms with Crippen LogP contribution in [-0.2, 0) is 16.8 Å². The van der Waals surface area contributed by atoms with E-state index < -0.39 is 0 Å². The van der Waals surface area contributed by atoms with Gasteiger partial charge in [-0.3, -0.25) is 9.79 Å². The SMILES string of the molecule is CN=C(NCc1ccc(OC)c(NC(C)=O)c1)NCC(C)(C)c1cccs1.I. The number of thiophene rings is 1. The van der Waals surface area contributed by atoms with Gasteiger partial charge >= 0.3 is 0 Å². The van der Waals surface area contributed by atoms with Crippen LogP contribution in [0.25, 0.3) is 0 Å². The second kappa shape index (κ2) is 11.3. The van der Waals surface area contributed by atoms with Crippen molar-refractivity contribution in [3.05, 3.63) is 46.2 Å². The minimum absolute atomic E-state index is 0. The Hall–Kier alpha value is -1.81. The van der Waals surface area contributed by atoms with Crippen LogP contribution in [0.5, 0.6) is 5.75 Å². The predicted molar refractivity (Wildman–Crippen MR) is 128 cm³/mol. The summed E-state index contributed by atoms with van der Waals surface area (Å²) in [5.74, 6) is 1.23. The first kappa shape index (κ1) is 24.2. The second-order valence-electron chi connectivity index (χ2n) is 6.86. The molecule has 154 valence electrons. The zero-order valence-electron chi connectivity index (χ0n) is 17.0. The summed E-state index contributed by atoms with van der Waals surface area (Å²) in [6.07, 6.45) is 0. The van der Waals surface area contributed by atoms with Crippen LogP contribution in [0.4, 0.5) is 5.69 Å². The van der Waals surface area contributed by atoms with Crippen molar-refractivity contribution < 1.29 is 9.53 Å². The molecule has 1 heterocycles. The third-order valence-corrected chi connectivity index (χ3v) is 5.38. The van der Waals surface area contributed by atoms with Crippen LogP contribution in [0.15, 0.2) is 40.7 Å². The average Bonchev–Trinajstić information content (AvgIpc) is 3.17. The molecule has 0 aliphatic rings. The molecule has 3 N–H and O–H groups in total. The Bertz CT molecular complexity index is 792. The largest absolute Gasteiger partial charge is 0.495 e. The number of guanidine groups is 1.